The summed E-state index contributed by atoms with van der Waals surface area (Å²) in [5.74, 6) is 3.21. The standard InChI is InChI=1S/C29H47NO3/c1-11-27(8,15-23-14-17(2)21(6)29(23,10)30)16-28(9)13-12-24-20(5)25(32-22(7)31)18(3)19(4)26(24)33-28/h17,21,23H,11-16,30H2,1-10H3/t17?,21?,23?,27?,28?,29-/m0/s1. The Hall–Kier alpha value is -1.55. The van der Waals surface area contributed by atoms with Gasteiger partial charge in [-0.3, -0.25) is 4.79 Å². The normalized spacial score (nSPS) is 33.2. The zero-order valence-corrected chi connectivity index (χ0v) is 22.8. The van der Waals surface area contributed by atoms with Crippen molar-refractivity contribution in [2.75, 3.05) is 0 Å². The average Bonchev–Trinajstić information content (AvgIpc) is 2.91. The van der Waals surface area contributed by atoms with Gasteiger partial charge in [0.2, 0.25) is 0 Å². The van der Waals surface area contributed by atoms with Gasteiger partial charge in [0.15, 0.2) is 0 Å². The molecule has 6 atom stereocenters. The van der Waals surface area contributed by atoms with Crippen molar-refractivity contribution < 1.29 is 14.3 Å². The van der Waals surface area contributed by atoms with Crippen molar-refractivity contribution in [1.29, 1.82) is 0 Å². The highest BCUT2D eigenvalue weighted by Crippen LogP contribution is 2.52. The fourth-order valence-electron chi connectivity index (χ4n) is 6.74. The van der Waals surface area contributed by atoms with Crippen LogP contribution in [0, 0.1) is 43.9 Å². The molecule has 4 heteroatoms. The molecule has 4 nitrogen and oxygen atoms in total. The van der Waals surface area contributed by atoms with Crippen LogP contribution >= 0.6 is 0 Å². The SMILES string of the molecule is CCC(C)(CC1CC(C)C(C)[C@]1(C)N)CC1(C)CCc2c(C)c(OC(C)=O)c(C)c(C)c2O1. The van der Waals surface area contributed by atoms with Gasteiger partial charge in [-0.25, -0.2) is 0 Å². The van der Waals surface area contributed by atoms with Crippen molar-refractivity contribution in [2.45, 2.75) is 119 Å². The molecular weight excluding hydrogens is 410 g/mol. The van der Waals surface area contributed by atoms with Gasteiger partial charge in [0.1, 0.15) is 17.1 Å². The molecule has 0 radical (unpaired) electrons. The van der Waals surface area contributed by atoms with Crippen LogP contribution in [0.3, 0.4) is 0 Å². The van der Waals surface area contributed by atoms with Crippen LogP contribution in [0.2, 0.25) is 0 Å². The maximum Gasteiger partial charge on any atom is 0.308 e. The van der Waals surface area contributed by atoms with E-state index < -0.39 is 0 Å². The Morgan fingerprint density at radius 3 is 2.33 bits per heavy atom. The van der Waals surface area contributed by atoms with Crippen LogP contribution in [-0.4, -0.2) is 17.1 Å². The van der Waals surface area contributed by atoms with E-state index in [4.69, 9.17) is 15.2 Å². The lowest BCUT2D eigenvalue weighted by molar-refractivity contribution is -0.132. The van der Waals surface area contributed by atoms with Crippen LogP contribution in [0.5, 0.6) is 11.5 Å². The summed E-state index contributed by atoms with van der Waals surface area (Å²) in [6.45, 7) is 21.6. The van der Waals surface area contributed by atoms with Gasteiger partial charge in [-0.2, -0.15) is 0 Å². The van der Waals surface area contributed by atoms with Gasteiger partial charge in [0.05, 0.1) is 0 Å². The predicted octanol–water partition coefficient (Wildman–Crippen LogP) is 6.83. The van der Waals surface area contributed by atoms with Gasteiger partial charge in [0.25, 0.3) is 0 Å². The molecule has 1 aliphatic carbocycles. The lowest BCUT2D eigenvalue weighted by Gasteiger charge is -2.45. The minimum absolute atomic E-state index is 0.102. The van der Waals surface area contributed by atoms with E-state index in [1.807, 2.05) is 6.92 Å². The highest BCUT2D eigenvalue weighted by molar-refractivity contribution is 5.72. The van der Waals surface area contributed by atoms with Crippen LogP contribution in [0.15, 0.2) is 0 Å². The first-order valence-corrected chi connectivity index (χ1v) is 12.9. The second-order valence-corrected chi connectivity index (χ2v) is 12.3. The third-order valence-corrected chi connectivity index (χ3v) is 9.57. The Balaban J connectivity index is 1.86. The molecule has 2 N–H and O–H groups in total. The second-order valence-electron chi connectivity index (χ2n) is 12.3. The molecule has 0 amide bonds. The molecule has 5 unspecified atom stereocenters. The molecule has 3 rings (SSSR count). The number of hydrogen-bond donors (Lipinski definition) is 1. The predicted molar refractivity (Wildman–Crippen MR) is 136 cm³/mol. The zero-order valence-electron chi connectivity index (χ0n) is 22.8. The zero-order chi connectivity index (χ0) is 24.9. The third-order valence-electron chi connectivity index (χ3n) is 9.57. The maximum atomic E-state index is 11.7. The molecule has 1 heterocycles. The van der Waals surface area contributed by atoms with E-state index in [0.29, 0.717) is 23.5 Å². The number of carbonyl (C=O) groups excluding carboxylic acids is 1. The molecule has 0 saturated heterocycles. The summed E-state index contributed by atoms with van der Waals surface area (Å²) in [5.41, 5.74) is 11.1. The molecule has 2 aliphatic rings. The first-order chi connectivity index (χ1) is 15.1. The molecule has 1 aliphatic heterocycles. The Labute approximate surface area is 202 Å². The number of benzene rings is 1. The fourth-order valence-corrected chi connectivity index (χ4v) is 6.74. The van der Waals surface area contributed by atoms with E-state index in [-0.39, 0.29) is 22.5 Å². The first-order valence-electron chi connectivity index (χ1n) is 12.9. The van der Waals surface area contributed by atoms with Crippen molar-refractivity contribution in [3.05, 3.63) is 22.3 Å². The summed E-state index contributed by atoms with van der Waals surface area (Å²) in [4.78, 5) is 11.7. The minimum Gasteiger partial charge on any atom is -0.487 e. The maximum absolute atomic E-state index is 11.7. The van der Waals surface area contributed by atoms with Crippen LogP contribution in [0.25, 0.3) is 0 Å². The smallest absolute Gasteiger partial charge is 0.308 e. The Bertz CT molecular complexity index is 920. The van der Waals surface area contributed by atoms with E-state index in [1.54, 1.807) is 0 Å². The van der Waals surface area contributed by atoms with Gasteiger partial charge >= 0.3 is 5.97 Å². The highest BCUT2D eigenvalue weighted by Gasteiger charge is 2.49. The van der Waals surface area contributed by atoms with Crippen molar-refractivity contribution >= 4 is 5.97 Å². The summed E-state index contributed by atoms with van der Waals surface area (Å²) in [6, 6.07) is 0. The van der Waals surface area contributed by atoms with E-state index in [2.05, 4.69) is 55.4 Å². The van der Waals surface area contributed by atoms with Crippen LogP contribution in [0.4, 0.5) is 0 Å². The molecule has 186 valence electrons. The topological polar surface area (TPSA) is 61.5 Å². The van der Waals surface area contributed by atoms with Crippen molar-refractivity contribution in [1.82, 2.24) is 0 Å². The molecule has 1 aromatic rings. The Kier molecular flexibility index (Phi) is 7.03. The lowest BCUT2D eigenvalue weighted by Crippen LogP contribution is -2.48. The van der Waals surface area contributed by atoms with Crippen molar-refractivity contribution in [3.8, 4) is 11.5 Å². The van der Waals surface area contributed by atoms with Gasteiger partial charge in [-0.1, -0.05) is 34.1 Å². The van der Waals surface area contributed by atoms with E-state index in [1.165, 1.54) is 18.9 Å². The fraction of sp³-hybridized carbons (Fsp3) is 0.759. The third kappa shape index (κ3) is 4.83. The molecule has 33 heavy (non-hydrogen) atoms. The number of hydrogen-bond acceptors (Lipinski definition) is 4. The number of esters is 1. The molecule has 0 spiro atoms. The minimum atomic E-state index is -0.275. The quantitative estimate of drug-likeness (QED) is 0.376. The van der Waals surface area contributed by atoms with Crippen LogP contribution in [0.1, 0.15) is 103 Å². The number of carbonyl (C=O) groups is 1. The van der Waals surface area contributed by atoms with Gasteiger partial charge in [0, 0.05) is 18.0 Å². The lowest BCUT2D eigenvalue weighted by atomic mass is 9.67. The van der Waals surface area contributed by atoms with E-state index in [9.17, 15) is 4.79 Å². The molecule has 1 aromatic carbocycles. The molecule has 0 bridgehead atoms. The Morgan fingerprint density at radius 2 is 1.82 bits per heavy atom. The van der Waals surface area contributed by atoms with Crippen molar-refractivity contribution in [3.63, 3.8) is 0 Å². The molecule has 0 aromatic heterocycles. The number of ether oxygens (including phenoxy) is 2. The number of nitrogens with two attached hydrogens (primary N) is 1. The van der Waals surface area contributed by atoms with Gasteiger partial charge in [-0.05, 0) is 107 Å². The van der Waals surface area contributed by atoms with Crippen LogP contribution < -0.4 is 15.2 Å². The highest BCUT2D eigenvalue weighted by atomic mass is 16.5. The molecule has 1 fully saturated rings. The summed E-state index contributed by atoms with van der Waals surface area (Å²) in [5, 5.41) is 0. The summed E-state index contributed by atoms with van der Waals surface area (Å²) < 4.78 is 12.4. The Morgan fingerprint density at radius 1 is 1.18 bits per heavy atom. The summed E-state index contributed by atoms with van der Waals surface area (Å²) in [7, 11) is 0. The molecule has 1 saturated carbocycles. The van der Waals surface area contributed by atoms with Crippen LogP contribution in [-0.2, 0) is 11.2 Å². The van der Waals surface area contributed by atoms with Gasteiger partial charge < -0.3 is 15.2 Å². The van der Waals surface area contributed by atoms with E-state index in [0.717, 1.165) is 54.5 Å². The van der Waals surface area contributed by atoms with Gasteiger partial charge in [-0.15, -0.1) is 0 Å². The molecular formula is C29H47NO3. The number of rotatable bonds is 6. The first kappa shape index (κ1) is 26.1. The monoisotopic (exact) mass is 457 g/mol. The van der Waals surface area contributed by atoms with Crippen molar-refractivity contribution in [2.24, 2.45) is 28.9 Å². The van der Waals surface area contributed by atoms with E-state index >= 15 is 0 Å². The largest absolute Gasteiger partial charge is 0.487 e. The summed E-state index contributed by atoms with van der Waals surface area (Å²) >= 11 is 0. The summed E-state index contributed by atoms with van der Waals surface area (Å²) in [6.07, 6.45) is 6.43. The number of fused-ring (bicyclic) bond motifs is 1. The average molecular weight is 458 g/mol. The second kappa shape index (κ2) is 8.91.